The first-order chi connectivity index (χ1) is 12.1. The zero-order valence-electron chi connectivity index (χ0n) is 14.1. The third-order valence-corrected chi connectivity index (χ3v) is 6.26. The summed E-state index contributed by atoms with van der Waals surface area (Å²) in [6.45, 7) is 3.92. The van der Waals surface area contributed by atoms with Crippen LogP contribution in [0, 0.1) is 23.5 Å². The second-order valence-corrected chi connectivity index (χ2v) is 7.77. The van der Waals surface area contributed by atoms with Gasteiger partial charge in [0.05, 0.1) is 5.56 Å². The summed E-state index contributed by atoms with van der Waals surface area (Å²) in [6, 6.07) is 8.28. The molecule has 0 aliphatic heterocycles. The van der Waals surface area contributed by atoms with E-state index in [1.54, 1.807) is 30.3 Å². The van der Waals surface area contributed by atoms with E-state index in [0.29, 0.717) is 34.4 Å². The molecule has 130 valence electrons. The molecule has 25 heavy (non-hydrogen) atoms. The number of allylic oxidation sites excluding steroid dienone is 1. The van der Waals surface area contributed by atoms with Crippen LogP contribution in [-0.2, 0) is 6.42 Å². The molecule has 0 spiro atoms. The Kier molecular flexibility index (Phi) is 4.41. The van der Waals surface area contributed by atoms with Gasteiger partial charge in [-0.1, -0.05) is 29.8 Å². The van der Waals surface area contributed by atoms with Gasteiger partial charge in [-0.15, -0.1) is 6.58 Å². The van der Waals surface area contributed by atoms with Gasteiger partial charge in [0.1, 0.15) is 11.6 Å². The van der Waals surface area contributed by atoms with E-state index < -0.39 is 5.82 Å². The molecule has 0 heterocycles. The first-order valence-corrected chi connectivity index (χ1v) is 9.35. The molecule has 2 aliphatic rings. The summed E-state index contributed by atoms with van der Waals surface area (Å²) in [4.78, 5) is 0. The maximum absolute atomic E-state index is 15.2. The molecule has 0 aromatic heterocycles. The van der Waals surface area contributed by atoms with Crippen LogP contribution < -0.4 is 0 Å². The normalized spacial score (nSPS) is 25.2. The molecule has 3 atom stereocenters. The van der Waals surface area contributed by atoms with Crippen LogP contribution in [0.15, 0.2) is 43.0 Å². The Morgan fingerprint density at radius 1 is 1.08 bits per heavy atom. The largest absolute Gasteiger partial charge is 0.206 e. The van der Waals surface area contributed by atoms with Crippen molar-refractivity contribution in [2.24, 2.45) is 11.8 Å². The predicted molar refractivity (Wildman–Crippen MR) is 98.9 cm³/mol. The summed E-state index contributed by atoms with van der Waals surface area (Å²) in [5.41, 5.74) is 2.23. The lowest BCUT2D eigenvalue weighted by molar-refractivity contribution is 0.235. The number of fused-ring (bicyclic) bond motifs is 3. The number of benzene rings is 2. The molecule has 1 fully saturated rings. The Balaban J connectivity index is 1.76. The van der Waals surface area contributed by atoms with Gasteiger partial charge in [-0.25, -0.2) is 8.78 Å². The van der Waals surface area contributed by atoms with E-state index >= 15 is 4.39 Å². The van der Waals surface area contributed by atoms with Crippen LogP contribution in [0.2, 0.25) is 5.02 Å². The average molecular weight is 359 g/mol. The van der Waals surface area contributed by atoms with Gasteiger partial charge in [0.15, 0.2) is 0 Å². The van der Waals surface area contributed by atoms with Crippen molar-refractivity contribution in [1.82, 2.24) is 0 Å². The van der Waals surface area contributed by atoms with Crippen molar-refractivity contribution < 1.29 is 8.78 Å². The van der Waals surface area contributed by atoms with Gasteiger partial charge in [0.2, 0.25) is 0 Å². The Labute approximate surface area is 152 Å². The Bertz CT molecular complexity index is 810. The summed E-state index contributed by atoms with van der Waals surface area (Å²) in [5, 5.41) is 0.560. The fourth-order valence-corrected chi connectivity index (χ4v) is 4.84. The minimum absolute atomic E-state index is 0.0774. The van der Waals surface area contributed by atoms with Crippen molar-refractivity contribution in [2.45, 2.75) is 38.0 Å². The number of hydrogen-bond acceptors (Lipinski definition) is 0. The second-order valence-electron chi connectivity index (χ2n) is 7.34. The van der Waals surface area contributed by atoms with E-state index in [9.17, 15) is 4.39 Å². The van der Waals surface area contributed by atoms with E-state index in [-0.39, 0.29) is 17.3 Å². The summed E-state index contributed by atoms with van der Waals surface area (Å²) in [5.74, 6) is 0.491. The fourth-order valence-electron chi connectivity index (χ4n) is 4.72. The van der Waals surface area contributed by atoms with Crippen molar-refractivity contribution in [2.75, 3.05) is 0 Å². The SMILES string of the molecule is C=CC1CCC2c3cc(F)c(-c4ccc(Cl)cc4)c(F)c3CCC2C1. The highest BCUT2D eigenvalue weighted by molar-refractivity contribution is 6.30. The molecule has 0 amide bonds. The van der Waals surface area contributed by atoms with Crippen LogP contribution in [0.5, 0.6) is 0 Å². The molecule has 3 unspecified atom stereocenters. The summed E-state index contributed by atoms with van der Waals surface area (Å²) < 4.78 is 30.1. The highest BCUT2D eigenvalue weighted by Gasteiger charge is 2.36. The Hall–Kier alpha value is -1.67. The smallest absolute Gasteiger partial charge is 0.137 e. The lowest BCUT2D eigenvalue weighted by Crippen LogP contribution is -2.28. The van der Waals surface area contributed by atoms with Crippen molar-refractivity contribution >= 4 is 11.6 Å². The average Bonchev–Trinajstić information content (AvgIpc) is 2.62. The highest BCUT2D eigenvalue weighted by Crippen LogP contribution is 2.49. The standard InChI is InChI=1S/C22H21ClF2/c1-2-13-3-9-17-15(11-13)6-10-18-19(17)12-20(24)21(22(18)25)14-4-7-16(23)8-5-14/h2,4-5,7-8,12-13,15,17H,1,3,6,9-11H2. The van der Waals surface area contributed by atoms with E-state index in [4.69, 9.17) is 11.6 Å². The van der Waals surface area contributed by atoms with Crippen LogP contribution >= 0.6 is 11.6 Å². The monoisotopic (exact) mass is 358 g/mol. The minimum atomic E-state index is -0.468. The molecule has 3 heteroatoms. The zero-order valence-corrected chi connectivity index (χ0v) is 14.8. The molecule has 2 aromatic rings. The molecule has 1 saturated carbocycles. The molecule has 0 N–H and O–H groups in total. The summed E-state index contributed by atoms with van der Waals surface area (Å²) in [6.07, 6.45) is 6.85. The molecular formula is C22H21ClF2. The summed E-state index contributed by atoms with van der Waals surface area (Å²) >= 11 is 5.90. The van der Waals surface area contributed by atoms with Crippen molar-refractivity contribution in [3.63, 3.8) is 0 Å². The van der Waals surface area contributed by atoms with Gasteiger partial charge in [-0.3, -0.25) is 0 Å². The molecule has 0 radical (unpaired) electrons. The van der Waals surface area contributed by atoms with E-state index in [0.717, 1.165) is 31.2 Å². The van der Waals surface area contributed by atoms with Crippen LogP contribution in [0.3, 0.4) is 0 Å². The first kappa shape index (κ1) is 16.8. The molecule has 2 aliphatic carbocycles. The number of rotatable bonds is 2. The topological polar surface area (TPSA) is 0 Å². The third kappa shape index (κ3) is 2.91. The lowest BCUT2D eigenvalue weighted by atomic mass is 9.65. The first-order valence-electron chi connectivity index (χ1n) is 8.97. The van der Waals surface area contributed by atoms with Gasteiger partial charge < -0.3 is 0 Å². The van der Waals surface area contributed by atoms with Crippen LogP contribution in [-0.4, -0.2) is 0 Å². The lowest BCUT2D eigenvalue weighted by Gasteiger charge is -2.40. The van der Waals surface area contributed by atoms with Crippen LogP contribution in [0.4, 0.5) is 8.78 Å². The maximum Gasteiger partial charge on any atom is 0.137 e. The maximum atomic E-state index is 15.2. The molecule has 4 rings (SSSR count). The number of hydrogen-bond donors (Lipinski definition) is 0. The molecule has 0 nitrogen and oxygen atoms in total. The third-order valence-electron chi connectivity index (χ3n) is 6.01. The van der Waals surface area contributed by atoms with Crippen LogP contribution in [0.1, 0.15) is 42.7 Å². The van der Waals surface area contributed by atoms with E-state index in [1.807, 2.05) is 6.08 Å². The van der Waals surface area contributed by atoms with Gasteiger partial charge >= 0.3 is 0 Å². The minimum Gasteiger partial charge on any atom is -0.206 e. The van der Waals surface area contributed by atoms with E-state index in [1.165, 1.54) is 0 Å². The van der Waals surface area contributed by atoms with Gasteiger partial charge in [0.25, 0.3) is 0 Å². The van der Waals surface area contributed by atoms with Gasteiger partial charge in [0, 0.05) is 5.02 Å². The van der Waals surface area contributed by atoms with Crippen molar-refractivity contribution in [1.29, 1.82) is 0 Å². The second kappa shape index (κ2) is 6.57. The summed E-state index contributed by atoms with van der Waals surface area (Å²) in [7, 11) is 0. The van der Waals surface area contributed by atoms with Crippen LogP contribution in [0.25, 0.3) is 11.1 Å². The van der Waals surface area contributed by atoms with Gasteiger partial charge in [-0.05, 0) is 84.7 Å². The molecule has 0 saturated heterocycles. The van der Waals surface area contributed by atoms with Gasteiger partial charge in [-0.2, -0.15) is 0 Å². The molecule has 2 aromatic carbocycles. The highest BCUT2D eigenvalue weighted by atomic mass is 35.5. The number of halogens is 3. The fraction of sp³-hybridized carbons (Fsp3) is 0.364. The van der Waals surface area contributed by atoms with Crippen molar-refractivity contribution in [3.05, 3.63) is 70.8 Å². The van der Waals surface area contributed by atoms with E-state index in [2.05, 4.69) is 6.58 Å². The Morgan fingerprint density at radius 3 is 2.56 bits per heavy atom. The quantitative estimate of drug-likeness (QED) is 0.511. The van der Waals surface area contributed by atoms with Crippen molar-refractivity contribution in [3.8, 4) is 11.1 Å². The predicted octanol–water partition coefficient (Wildman–Crippen LogP) is 6.92. The molecular weight excluding hydrogens is 338 g/mol. The Morgan fingerprint density at radius 2 is 1.84 bits per heavy atom. The zero-order chi connectivity index (χ0) is 17.6. The molecule has 0 bridgehead atoms.